The first kappa shape index (κ1) is 52.2. The van der Waals surface area contributed by atoms with Crippen LogP contribution in [-0.2, 0) is 45.6 Å². The predicted molar refractivity (Wildman–Crippen MR) is 279 cm³/mol. The number of rotatable bonds is 14. The van der Waals surface area contributed by atoms with Gasteiger partial charge in [-0.05, 0) is 92.4 Å². The Morgan fingerprint density at radius 2 is 0.771 bits per heavy atom. The van der Waals surface area contributed by atoms with Gasteiger partial charge in [-0.3, -0.25) is 9.13 Å². The topological polar surface area (TPSA) is 198 Å². The highest BCUT2D eigenvalue weighted by Gasteiger charge is 2.33. The molecule has 14 heteroatoms. The van der Waals surface area contributed by atoms with Crippen LogP contribution < -0.4 is 20.1 Å². The van der Waals surface area contributed by atoms with Gasteiger partial charge in [0.1, 0.15) is 23.0 Å². The van der Waals surface area contributed by atoms with Crippen molar-refractivity contribution in [2.45, 2.75) is 116 Å². The zero-order valence-corrected chi connectivity index (χ0v) is 43.2. The van der Waals surface area contributed by atoms with Gasteiger partial charge in [0.25, 0.3) is 0 Å². The Hall–Kier alpha value is -5.58. The summed E-state index contributed by atoms with van der Waals surface area (Å²) < 4.78 is 40.0. The maximum atomic E-state index is 13.2. The van der Waals surface area contributed by atoms with Crippen molar-refractivity contribution in [3.05, 3.63) is 176 Å². The first-order chi connectivity index (χ1) is 32.9. The van der Waals surface area contributed by atoms with Gasteiger partial charge in [0.2, 0.25) is 0 Å². The fourth-order valence-electron chi connectivity index (χ4n) is 9.04. The molecule has 0 aromatic heterocycles. The van der Waals surface area contributed by atoms with Crippen LogP contribution in [0.15, 0.2) is 109 Å². The fourth-order valence-corrected chi connectivity index (χ4v) is 10.8. The number of fused-ring (bicyclic) bond motifs is 8. The summed E-state index contributed by atoms with van der Waals surface area (Å²) >= 11 is 0. The number of benzene rings is 6. The summed E-state index contributed by atoms with van der Waals surface area (Å²) in [5.41, 5.74) is 7.80. The number of anilines is 2. The number of hydrogen-bond donors (Lipinski definition) is 8. The standard InChI is InChI=1S/C56H68N2O10P2/c1-9-21-67-51-41-24-39-33-47(57-53(69(61,62)63)35-17-13-11-14-18-35)31-37(49(39)59)23-38-32-48(58-54(70(64,65)66)36-19-15-12-16-20-36)34-40(50(38)60)25-42-28-46(56(6,7)8)30-44(52(42)68-22-10-2)26-43(51)29-45(27-41)55(3,4)5/h11-20,27-34,53-54,57-60H,9-10,21-26H2,1-8H3,(H2,61,62,63)(H2,64,65,66)/t53-,54+. The molecule has 0 aliphatic heterocycles. The largest absolute Gasteiger partial charge is 0.507 e. The number of ether oxygens (including phenoxy) is 2. The molecule has 0 radical (unpaired) electrons. The van der Waals surface area contributed by atoms with Crippen molar-refractivity contribution in [1.82, 2.24) is 0 Å². The van der Waals surface area contributed by atoms with Crippen LogP contribution in [0.3, 0.4) is 0 Å². The van der Waals surface area contributed by atoms with Gasteiger partial charge in [-0.25, -0.2) is 0 Å². The number of aromatic hydroxyl groups is 2. The van der Waals surface area contributed by atoms with Crippen LogP contribution in [0.1, 0.15) is 147 Å². The van der Waals surface area contributed by atoms with Crippen LogP contribution in [0.5, 0.6) is 23.0 Å². The van der Waals surface area contributed by atoms with Gasteiger partial charge in [0, 0.05) is 59.3 Å². The van der Waals surface area contributed by atoms with Crippen molar-refractivity contribution in [2.75, 3.05) is 23.8 Å². The molecule has 0 saturated heterocycles. The van der Waals surface area contributed by atoms with Gasteiger partial charge in [-0.2, -0.15) is 0 Å². The van der Waals surface area contributed by atoms with E-state index in [1.807, 2.05) is 13.8 Å². The summed E-state index contributed by atoms with van der Waals surface area (Å²) in [6, 6.07) is 32.1. The molecule has 1 aliphatic carbocycles. The lowest BCUT2D eigenvalue weighted by molar-refractivity contribution is 0.307. The number of phenols is 2. The van der Waals surface area contributed by atoms with Crippen molar-refractivity contribution in [3.8, 4) is 23.0 Å². The van der Waals surface area contributed by atoms with E-state index in [4.69, 9.17) is 9.47 Å². The van der Waals surface area contributed by atoms with Crippen molar-refractivity contribution in [1.29, 1.82) is 0 Å². The van der Waals surface area contributed by atoms with E-state index in [0.717, 1.165) is 46.2 Å². The monoisotopic (exact) mass is 990 g/mol. The van der Waals surface area contributed by atoms with Gasteiger partial charge in [0.05, 0.1) is 13.2 Å². The van der Waals surface area contributed by atoms with Gasteiger partial charge in [0.15, 0.2) is 11.6 Å². The first-order valence-electron chi connectivity index (χ1n) is 24.0. The second kappa shape index (κ2) is 21.0. The van der Waals surface area contributed by atoms with Gasteiger partial charge >= 0.3 is 15.2 Å². The van der Waals surface area contributed by atoms with Crippen molar-refractivity contribution >= 4 is 26.6 Å². The molecule has 1 aliphatic rings. The Bertz CT molecular complexity index is 2720. The Labute approximate surface area is 412 Å². The Kier molecular flexibility index (Phi) is 15.7. The number of hydrogen-bond acceptors (Lipinski definition) is 8. The third-order valence-corrected chi connectivity index (χ3v) is 14.9. The molecule has 7 rings (SSSR count). The minimum absolute atomic E-state index is 0.0961. The SMILES string of the molecule is CCCOc1c2cc(C(C)(C)C)cc1Cc1cc(C(C)(C)C)cc(c1OCCC)Cc1cc(N[C@@H](c3ccccc3)P(=O)(O)O)cc(c1O)Cc1cc(N[C@H](c3ccccc3)P(=O)(O)O)cc(c1O)C2. The van der Waals surface area contributed by atoms with Crippen molar-refractivity contribution in [3.63, 3.8) is 0 Å². The van der Waals surface area contributed by atoms with E-state index < -0.39 is 26.8 Å². The maximum Gasteiger partial charge on any atom is 0.352 e. The van der Waals surface area contributed by atoms with Crippen molar-refractivity contribution in [2.24, 2.45) is 0 Å². The van der Waals surface area contributed by atoms with E-state index in [0.29, 0.717) is 75.9 Å². The van der Waals surface area contributed by atoms with Crippen LogP contribution in [-0.4, -0.2) is 43.0 Å². The average molecular weight is 991 g/mol. The summed E-state index contributed by atoms with van der Waals surface area (Å²) in [6.07, 6.45) is 2.10. The Morgan fingerprint density at radius 1 is 0.486 bits per heavy atom. The Balaban J connectivity index is 1.55. The number of phenolic OH excluding ortho intramolecular Hbond substituents is 2. The minimum atomic E-state index is -4.84. The average Bonchev–Trinajstić information content (AvgIpc) is 3.28. The van der Waals surface area contributed by atoms with E-state index in [1.165, 1.54) is 0 Å². The molecule has 70 heavy (non-hydrogen) atoms. The zero-order chi connectivity index (χ0) is 50.8. The molecule has 0 fully saturated rings. The second-order valence-electron chi connectivity index (χ2n) is 20.5. The molecule has 0 saturated carbocycles. The predicted octanol–water partition coefficient (Wildman–Crippen LogP) is 12.5. The zero-order valence-electron chi connectivity index (χ0n) is 41.4. The van der Waals surface area contributed by atoms with E-state index in [-0.39, 0.29) is 41.6 Å². The molecule has 0 amide bonds. The maximum absolute atomic E-state index is 13.2. The lowest BCUT2D eigenvalue weighted by Gasteiger charge is -2.28. The molecular formula is C56H68N2O10P2. The molecule has 12 nitrogen and oxygen atoms in total. The van der Waals surface area contributed by atoms with Crippen LogP contribution in [0.4, 0.5) is 11.4 Å². The fraction of sp³-hybridized carbons (Fsp3) is 0.357. The smallest absolute Gasteiger partial charge is 0.352 e. The molecule has 2 atom stereocenters. The summed E-state index contributed by atoms with van der Waals surface area (Å²) in [7, 11) is -9.67. The van der Waals surface area contributed by atoms with Gasteiger partial charge < -0.3 is 49.9 Å². The normalized spacial score (nSPS) is 14.1. The molecule has 0 heterocycles. The molecule has 6 aromatic carbocycles. The minimum Gasteiger partial charge on any atom is -0.507 e. The Morgan fingerprint density at radius 3 is 1.04 bits per heavy atom. The lowest BCUT2D eigenvalue weighted by atomic mass is 9.81. The van der Waals surface area contributed by atoms with Crippen LogP contribution in [0, 0.1) is 0 Å². The van der Waals surface area contributed by atoms with E-state index >= 15 is 0 Å². The molecule has 0 spiro atoms. The first-order valence-corrected chi connectivity index (χ1v) is 27.3. The summed E-state index contributed by atoms with van der Waals surface area (Å²) in [6.45, 7) is 17.9. The highest BCUT2D eigenvalue weighted by atomic mass is 31.2. The molecule has 6 aromatic rings. The molecule has 8 bridgehead atoms. The molecular weight excluding hydrogens is 923 g/mol. The highest BCUT2D eigenvalue weighted by Crippen LogP contribution is 2.54. The molecule has 372 valence electrons. The van der Waals surface area contributed by atoms with Crippen LogP contribution in [0.2, 0.25) is 0 Å². The van der Waals surface area contributed by atoms with Gasteiger partial charge in [-0.1, -0.05) is 140 Å². The van der Waals surface area contributed by atoms with E-state index in [2.05, 4.69) is 76.4 Å². The summed E-state index contributed by atoms with van der Waals surface area (Å²) in [5.74, 6) is -1.72. The van der Waals surface area contributed by atoms with E-state index in [9.17, 15) is 38.9 Å². The third-order valence-electron chi connectivity index (χ3n) is 12.7. The quantitative estimate of drug-likeness (QED) is 0.0380. The highest BCUT2D eigenvalue weighted by molar-refractivity contribution is 7.52. The van der Waals surface area contributed by atoms with Crippen molar-refractivity contribution < 1.29 is 48.4 Å². The summed E-state index contributed by atoms with van der Waals surface area (Å²) in [5, 5.41) is 31.2. The van der Waals surface area contributed by atoms with Gasteiger partial charge in [-0.15, -0.1) is 0 Å². The molecule has 8 N–H and O–H groups in total. The molecule has 0 unspecified atom stereocenters. The lowest BCUT2D eigenvalue weighted by Crippen LogP contribution is -2.16. The van der Waals surface area contributed by atoms with E-state index in [1.54, 1.807) is 84.9 Å². The van der Waals surface area contributed by atoms with Crippen LogP contribution in [0.25, 0.3) is 0 Å². The third kappa shape index (κ3) is 12.3. The summed E-state index contributed by atoms with van der Waals surface area (Å²) in [4.78, 5) is 43.1. The van der Waals surface area contributed by atoms with Crippen LogP contribution >= 0.6 is 15.2 Å². The number of nitrogens with one attached hydrogen (secondary N) is 2. The second-order valence-corrected chi connectivity index (χ2v) is 23.9.